The van der Waals surface area contributed by atoms with Crippen LogP contribution in [0.25, 0.3) is 6.08 Å². The van der Waals surface area contributed by atoms with E-state index in [0.29, 0.717) is 12.1 Å². The minimum Gasteiger partial charge on any atom is -0.299 e. The molecule has 0 aliphatic carbocycles. The van der Waals surface area contributed by atoms with Crippen LogP contribution in [0.1, 0.15) is 16.7 Å². The monoisotopic (exact) mass is 268 g/mol. The van der Waals surface area contributed by atoms with Crippen LogP contribution in [0.4, 0.5) is 26.3 Å². The maximum Gasteiger partial charge on any atom is 0.416 e. The van der Waals surface area contributed by atoms with E-state index in [9.17, 15) is 31.1 Å². The standard InChI is InChI=1S/C11H6F6O/c12-10(13,14)8-4-7(2-1-3-18)5-9(6-8)11(15,16)17/h1-6H/b2-1+. The molecule has 0 aliphatic rings. The molecule has 0 radical (unpaired) electrons. The second kappa shape index (κ2) is 4.83. The average Bonchev–Trinajstić information content (AvgIpc) is 2.23. The summed E-state index contributed by atoms with van der Waals surface area (Å²) in [5.41, 5.74) is -3.17. The predicted octanol–water partition coefficient (Wildman–Crippen LogP) is 3.94. The minimum absolute atomic E-state index is 0.0260. The fourth-order valence-corrected chi connectivity index (χ4v) is 1.23. The summed E-state index contributed by atoms with van der Waals surface area (Å²) in [4.78, 5) is 10.0. The number of rotatable bonds is 2. The molecule has 0 bridgehead atoms. The second-order valence-corrected chi connectivity index (χ2v) is 3.33. The highest BCUT2D eigenvalue weighted by atomic mass is 19.4. The Hall–Kier alpha value is -1.79. The highest BCUT2D eigenvalue weighted by Crippen LogP contribution is 2.36. The van der Waals surface area contributed by atoms with Gasteiger partial charge in [0.1, 0.15) is 6.29 Å². The highest BCUT2D eigenvalue weighted by Gasteiger charge is 2.36. The third-order valence-electron chi connectivity index (χ3n) is 1.98. The molecule has 0 aromatic heterocycles. The first-order valence-electron chi connectivity index (χ1n) is 4.56. The molecule has 1 nitrogen and oxygen atoms in total. The second-order valence-electron chi connectivity index (χ2n) is 3.33. The Labute approximate surface area is 97.7 Å². The number of hydrogen-bond donors (Lipinski definition) is 0. The van der Waals surface area contributed by atoms with Crippen molar-refractivity contribution in [3.8, 4) is 0 Å². The Morgan fingerprint density at radius 1 is 0.833 bits per heavy atom. The molecule has 0 amide bonds. The zero-order valence-electron chi connectivity index (χ0n) is 8.64. The Bertz CT molecular complexity index is 437. The lowest BCUT2D eigenvalue weighted by molar-refractivity contribution is -0.143. The number of allylic oxidation sites excluding steroid dienone is 1. The van der Waals surface area contributed by atoms with Crippen molar-refractivity contribution in [3.05, 3.63) is 41.0 Å². The average molecular weight is 268 g/mol. The molecule has 0 saturated heterocycles. The van der Waals surface area contributed by atoms with Crippen LogP contribution in [0.2, 0.25) is 0 Å². The number of alkyl halides is 6. The lowest BCUT2D eigenvalue weighted by atomic mass is 10.0. The summed E-state index contributed by atoms with van der Waals surface area (Å²) in [6.45, 7) is 0. The summed E-state index contributed by atoms with van der Waals surface area (Å²) in [6.07, 6.45) is -7.82. The Balaban J connectivity index is 3.38. The molecular weight excluding hydrogens is 262 g/mol. The number of halogens is 6. The van der Waals surface area contributed by atoms with Crippen molar-refractivity contribution in [2.24, 2.45) is 0 Å². The van der Waals surface area contributed by atoms with Gasteiger partial charge in [0.25, 0.3) is 0 Å². The zero-order valence-corrected chi connectivity index (χ0v) is 8.64. The number of aldehydes is 1. The van der Waals surface area contributed by atoms with Gasteiger partial charge in [-0.15, -0.1) is 0 Å². The van der Waals surface area contributed by atoms with E-state index in [-0.39, 0.29) is 17.9 Å². The molecule has 0 atom stereocenters. The lowest BCUT2D eigenvalue weighted by Gasteiger charge is -2.12. The van der Waals surface area contributed by atoms with Crippen LogP contribution in [0, 0.1) is 0 Å². The summed E-state index contributed by atoms with van der Waals surface area (Å²) >= 11 is 0. The molecule has 0 N–H and O–H groups in total. The van der Waals surface area contributed by atoms with Crippen molar-refractivity contribution < 1.29 is 31.1 Å². The number of hydrogen-bond acceptors (Lipinski definition) is 1. The van der Waals surface area contributed by atoms with E-state index in [0.717, 1.165) is 12.2 Å². The Morgan fingerprint density at radius 2 is 1.28 bits per heavy atom. The molecule has 1 aromatic rings. The fourth-order valence-electron chi connectivity index (χ4n) is 1.23. The van der Waals surface area contributed by atoms with Gasteiger partial charge in [-0.2, -0.15) is 26.3 Å². The van der Waals surface area contributed by atoms with Crippen LogP contribution in [0.15, 0.2) is 24.3 Å². The largest absolute Gasteiger partial charge is 0.416 e. The summed E-state index contributed by atoms with van der Waals surface area (Å²) < 4.78 is 74.4. The van der Waals surface area contributed by atoms with E-state index in [1.54, 1.807) is 0 Å². The van der Waals surface area contributed by atoms with Crippen LogP contribution in [-0.2, 0) is 17.1 Å². The van der Waals surface area contributed by atoms with Crippen LogP contribution in [0.5, 0.6) is 0 Å². The van der Waals surface area contributed by atoms with Gasteiger partial charge in [-0.05, 0) is 29.8 Å². The maximum atomic E-state index is 12.4. The molecular formula is C11H6F6O. The van der Waals surface area contributed by atoms with Crippen molar-refractivity contribution >= 4 is 12.4 Å². The summed E-state index contributed by atoms with van der Waals surface area (Å²) in [5, 5.41) is 0. The summed E-state index contributed by atoms with van der Waals surface area (Å²) in [6, 6.07) is 1.10. The minimum atomic E-state index is -4.88. The van der Waals surface area contributed by atoms with Crippen molar-refractivity contribution in [2.45, 2.75) is 12.4 Å². The molecule has 1 aromatic carbocycles. The molecule has 0 heterocycles. The fraction of sp³-hybridized carbons (Fsp3) is 0.182. The number of carbonyl (C=O) groups is 1. The molecule has 7 heteroatoms. The predicted molar refractivity (Wildman–Crippen MR) is 51.5 cm³/mol. The molecule has 0 aliphatic heterocycles. The van der Waals surface area contributed by atoms with Crippen LogP contribution >= 0.6 is 0 Å². The summed E-state index contributed by atoms with van der Waals surface area (Å²) in [5.74, 6) is 0. The normalized spacial score (nSPS) is 13.0. The lowest BCUT2D eigenvalue weighted by Crippen LogP contribution is -2.11. The van der Waals surface area contributed by atoms with Crippen LogP contribution < -0.4 is 0 Å². The van der Waals surface area contributed by atoms with Gasteiger partial charge in [0.05, 0.1) is 11.1 Å². The van der Waals surface area contributed by atoms with Gasteiger partial charge in [-0.25, -0.2) is 0 Å². The molecule has 0 saturated carbocycles. The SMILES string of the molecule is O=C/C=C/c1cc(C(F)(F)F)cc(C(F)(F)F)c1. The van der Waals surface area contributed by atoms with Gasteiger partial charge in [0.2, 0.25) is 0 Å². The Morgan fingerprint density at radius 3 is 1.61 bits per heavy atom. The third-order valence-corrected chi connectivity index (χ3v) is 1.98. The maximum absolute atomic E-state index is 12.4. The number of benzene rings is 1. The summed E-state index contributed by atoms with van der Waals surface area (Å²) in [7, 11) is 0. The first-order valence-corrected chi connectivity index (χ1v) is 4.56. The van der Waals surface area contributed by atoms with Gasteiger partial charge < -0.3 is 0 Å². The third kappa shape index (κ3) is 3.61. The van der Waals surface area contributed by atoms with Gasteiger partial charge in [0, 0.05) is 0 Å². The smallest absolute Gasteiger partial charge is 0.299 e. The van der Waals surface area contributed by atoms with Crippen molar-refractivity contribution in [3.63, 3.8) is 0 Å². The molecule has 1 rings (SSSR count). The molecule has 18 heavy (non-hydrogen) atoms. The van der Waals surface area contributed by atoms with E-state index in [2.05, 4.69) is 0 Å². The van der Waals surface area contributed by atoms with E-state index < -0.39 is 23.5 Å². The van der Waals surface area contributed by atoms with Crippen molar-refractivity contribution in [1.29, 1.82) is 0 Å². The molecule has 0 unspecified atom stereocenters. The Kier molecular flexibility index (Phi) is 3.83. The van der Waals surface area contributed by atoms with Crippen molar-refractivity contribution in [1.82, 2.24) is 0 Å². The van der Waals surface area contributed by atoms with E-state index in [4.69, 9.17) is 0 Å². The topological polar surface area (TPSA) is 17.1 Å². The van der Waals surface area contributed by atoms with Crippen LogP contribution in [-0.4, -0.2) is 6.29 Å². The first kappa shape index (κ1) is 14.3. The number of carbonyl (C=O) groups excluding carboxylic acids is 1. The first-order chi connectivity index (χ1) is 8.14. The zero-order chi connectivity index (χ0) is 14.0. The quantitative estimate of drug-likeness (QED) is 0.451. The van der Waals surface area contributed by atoms with E-state index in [1.807, 2.05) is 0 Å². The molecule has 0 spiro atoms. The van der Waals surface area contributed by atoms with Gasteiger partial charge in [-0.1, -0.05) is 6.08 Å². The highest BCUT2D eigenvalue weighted by molar-refractivity contribution is 5.74. The van der Waals surface area contributed by atoms with Gasteiger partial charge >= 0.3 is 12.4 Å². The van der Waals surface area contributed by atoms with Gasteiger partial charge in [-0.3, -0.25) is 4.79 Å². The molecule has 0 fully saturated rings. The van der Waals surface area contributed by atoms with Crippen LogP contribution in [0.3, 0.4) is 0 Å². The van der Waals surface area contributed by atoms with E-state index in [1.165, 1.54) is 0 Å². The van der Waals surface area contributed by atoms with Gasteiger partial charge in [0.15, 0.2) is 0 Å². The van der Waals surface area contributed by atoms with E-state index >= 15 is 0 Å². The van der Waals surface area contributed by atoms with Crippen molar-refractivity contribution in [2.75, 3.05) is 0 Å². The molecule has 98 valence electrons.